The van der Waals surface area contributed by atoms with Gasteiger partial charge in [0.05, 0.1) is 0 Å². The molecule has 0 bridgehead atoms. The molecule has 1 fully saturated rings. The standard InChI is InChI=1S/C24H25FN6O3S2/c1-28-5-7-29(8-6-28)19(32)14-30-9-10-31-23(34)21(33)20(27-24(30)31)22-26-13-17(36-22)11-15-3-4-16(25)12-18(15)35-2/h3-4,9-10,12-13,33H,5-8,11,14H2,1-2H3. The molecule has 1 saturated heterocycles. The summed E-state index contributed by atoms with van der Waals surface area (Å²) in [5, 5.41) is 11.0. The Labute approximate surface area is 214 Å². The van der Waals surface area contributed by atoms with Crippen molar-refractivity contribution < 1.29 is 14.3 Å². The number of carbonyl (C=O) groups excluding carboxylic acids is 1. The third-order valence-corrected chi connectivity index (χ3v) is 8.08. The van der Waals surface area contributed by atoms with Crippen molar-refractivity contribution in [3.63, 3.8) is 0 Å². The summed E-state index contributed by atoms with van der Waals surface area (Å²) >= 11 is 2.77. The van der Waals surface area contributed by atoms with Crippen LogP contribution in [0.4, 0.5) is 4.39 Å². The molecule has 1 N–H and O–H groups in total. The monoisotopic (exact) mass is 528 g/mol. The van der Waals surface area contributed by atoms with Crippen molar-refractivity contribution in [2.24, 2.45) is 0 Å². The topological polar surface area (TPSA) is 96.0 Å². The highest BCUT2D eigenvalue weighted by Gasteiger charge is 2.22. The molecule has 3 aromatic heterocycles. The minimum atomic E-state index is -0.624. The van der Waals surface area contributed by atoms with Crippen molar-refractivity contribution in [1.82, 2.24) is 28.7 Å². The summed E-state index contributed by atoms with van der Waals surface area (Å²) in [4.78, 5) is 40.4. The minimum absolute atomic E-state index is 0.0437. The van der Waals surface area contributed by atoms with Gasteiger partial charge in [0.2, 0.25) is 17.4 Å². The number of nitrogens with zero attached hydrogens (tertiary/aromatic N) is 6. The van der Waals surface area contributed by atoms with Crippen molar-refractivity contribution in [1.29, 1.82) is 0 Å². The summed E-state index contributed by atoms with van der Waals surface area (Å²) in [6.07, 6.45) is 7.22. The number of hydrogen-bond donors (Lipinski definition) is 1. The minimum Gasteiger partial charge on any atom is -0.501 e. The van der Waals surface area contributed by atoms with E-state index in [4.69, 9.17) is 0 Å². The van der Waals surface area contributed by atoms with Crippen LogP contribution in [0.2, 0.25) is 0 Å². The quantitative estimate of drug-likeness (QED) is 0.384. The molecule has 4 heterocycles. The Bertz CT molecular complexity index is 1490. The van der Waals surface area contributed by atoms with Gasteiger partial charge in [-0.2, -0.15) is 0 Å². The summed E-state index contributed by atoms with van der Waals surface area (Å²) in [7, 11) is 2.02. The predicted molar refractivity (Wildman–Crippen MR) is 137 cm³/mol. The molecule has 0 unspecified atom stereocenters. The summed E-state index contributed by atoms with van der Waals surface area (Å²) in [6, 6.07) is 4.68. The summed E-state index contributed by atoms with van der Waals surface area (Å²) in [6.45, 7) is 2.99. The Kier molecular flexibility index (Phi) is 6.82. The van der Waals surface area contributed by atoms with Gasteiger partial charge >= 0.3 is 5.56 Å². The van der Waals surface area contributed by atoms with Gasteiger partial charge < -0.3 is 19.5 Å². The van der Waals surface area contributed by atoms with Gasteiger partial charge in [0.25, 0.3) is 0 Å². The average molecular weight is 529 g/mol. The molecule has 4 aromatic rings. The first-order chi connectivity index (χ1) is 17.3. The van der Waals surface area contributed by atoms with E-state index in [0.29, 0.717) is 24.5 Å². The fourth-order valence-corrected chi connectivity index (χ4v) is 5.75. The molecule has 1 aromatic carbocycles. The number of thioether (sulfide) groups is 1. The Morgan fingerprint density at radius 3 is 2.75 bits per heavy atom. The molecule has 1 aliphatic rings. The van der Waals surface area contributed by atoms with Crippen molar-refractivity contribution >= 4 is 34.8 Å². The number of piperazine rings is 1. The number of carbonyl (C=O) groups is 1. The first kappa shape index (κ1) is 24.5. The van der Waals surface area contributed by atoms with E-state index in [1.807, 2.05) is 13.3 Å². The zero-order valence-corrected chi connectivity index (χ0v) is 21.5. The molecule has 1 aliphatic heterocycles. The van der Waals surface area contributed by atoms with Crippen LogP contribution in [-0.2, 0) is 17.8 Å². The molecule has 0 spiro atoms. The number of likely N-dealkylation sites (N-methyl/N-ethyl adjacent to an activating group) is 1. The van der Waals surface area contributed by atoms with Crippen molar-refractivity contribution in [3.8, 4) is 16.5 Å². The molecule has 0 aliphatic carbocycles. The first-order valence-electron chi connectivity index (χ1n) is 11.4. The summed E-state index contributed by atoms with van der Waals surface area (Å²) < 4.78 is 16.4. The SMILES string of the molecule is CSc1cc(F)ccc1Cc1cnc(-c2nc3n(CC(=O)N4CCN(C)CC4)ccn3c(=O)c2O)s1. The van der Waals surface area contributed by atoms with Crippen LogP contribution in [0.25, 0.3) is 16.5 Å². The molecule has 9 nitrogen and oxygen atoms in total. The third kappa shape index (κ3) is 4.75. The number of amides is 1. The van der Waals surface area contributed by atoms with Crippen LogP contribution >= 0.6 is 23.1 Å². The Morgan fingerprint density at radius 1 is 1.22 bits per heavy atom. The molecule has 188 valence electrons. The van der Waals surface area contributed by atoms with Crippen molar-refractivity contribution in [2.75, 3.05) is 39.5 Å². The average Bonchev–Trinajstić information content (AvgIpc) is 3.50. The predicted octanol–water partition coefficient (Wildman–Crippen LogP) is 2.55. The fraction of sp³-hybridized carbons (Fsp3) is 0.333. The van der Waals surface area contributed by atoms with Crippen LogP contribution in [0.3, 0.4) is 0 Å². The van der Waals surface area contributed by atoms with E-state index in [1.54, 1.807) is 27.9 Å². The number of imidazole rings is 1. The van der Waals surface area contributed by atoms with Gasteiger partial charge in [-0.15, -0.1) is 23.1 Å². The van der Waals surface area contributed by atoms with Gasteiger partial charge in [0.15, 0.2) is 5.69 Å². The highest BCUT2D eigenvalue weighted by Crippen LogP contribution is 2.32. The number of aromatic hydroxyl groups is 1. The molecular formula is C24H25FN6O3S2. The number of aromatic nitrogens is 4. The van der Waals surface area contributed by atoms with Crippen LogP contribution < -0.4 is 5.56 Å². The number of thiazole rings is 1. The van der Waals surface area contributed by atoms with Gasteiger partial charge in [0.1, 0.15) is 17.4 Å². The van der Waals surface area contributed by atoms with Gasteiger partial charge in [0, 0.05) is 61.0 Å². The largest absolute Gasteiger partial charge is 0.501 e. The van der Waals surface area contributed by atoms with Crippen LogP contribution in [-0.4, -0.2) is 79.2 Å². The van der Waals surface area contributed by atoms with Gasteiger partial charge in [-0.3, -0.25) is 9.59 Å². The normalized spacial score (nSPS) is 14.6. The zero-order valence-electron chi connectivity index (χ0n) is 19.8. The summed E-state index contributed by atoms with van der Waals surface area (Å²) in [5.41, 5.74) is 0.413. The lowest BCUT2D eigenvalue weighted by atomic mass is 10.1. The zero-order chi connectivity index (χ0) is 25.4. The second-order valence-electron chi connectivity index (χ2n) is 8.66. The highest BCUT2D eigenvalue weighted by molar-refractivity contribution is 7.98. The van der Waals surface area contributed by atoms with E-state index in [1.165, 1.54) is 45.8 Å². The number of fused-ring (bicyclic) bond motifs is 1. The first-order valence-corrected chi connectivity index (χ1v) is 13.4. The molecule has 0 atom stereocenters. The smallest absolute Gasteiger partial charge is 0.302 e. The summed E-state index contributed by atoms with van der Waals surface area (Å²) in [5.74, 6) is -0.575. The second kappa shape index (κ2) is 10.0. The van der Waals surface area contributed by atoms with E-state index >= 15 is 0 Å². The van der Waals surface area contributed by atoms with Crippen molar-refractivity contribution in [3.05, 3.63) is 63.4 Å². The van der Waals surface area contributed by atoms with Gasteiger partial charge in [-0.05, 0) is 31.0 Å². The Hall–Kier alpha value is -3.22. The fourth-order valence-electron chi connectivity index (χ4n) is 4.19. The molecule has 1 amide bonds. The second-order valence-corrected chi connectivity index (χ2v) is 10.6. The number of rotatable bonds is 6. The number of hydrogen-bond acceptors (Lipinski definition) is 8. The lowest BCUT2D eigenvalue weighted by molar-refractivity contribution is -0.133. The van der Waals surface area contributed by atoms with Crippen molar-refractivity contribution in [2.45, 2.75) is 17.9 Å². The van der Waals surface area contributed by atoms with Crippen LogP contribution in [0.15, 0.2) is 46.5 Å². The maximum atomic E-state index is 13.6. The van der Waals surface area contributed by atoms with E-state index in [-0.39, 0.29) is 29.7 Å². The lowest BCUT2D eigenvalue weighted by Gasteiger charge is -2.32. The van der Waals surface area contributed by atoms with Crippen LogP contribution in [0.5, 0.6) is 5.75 Å². The molecule has 0 radical (unpaired) electrons. The van der Waals surface area contributed by atoms with E-state index in [0.717, 1.165) is 28.4 Å². The molecular weight excluding hydrogens is 503 g/mol. The molecule has 0 saturated carbocycles. The van der Waals surface area contributed by atoms with Gasteiger partial charge in [-0.1, -0.05) is 6.07 Å². The number of halogens is 1. The van der Waals surface area contributed by atoms with Crippen LogP contribution in [0.1, 0.15) is 10.4 Å². The molecule has 5 rings (SSSR count). The number of benzene rings is 1. The molecule has 36 heavy (non-hydrogen) atoms. The third-order valence-electron chi connectivity index (χ3n) is 6.26. The maximum Gasteiger partial charge on any atom is 0.302 e. The van der Waals surface area contributed by atoms with Crippen LogP contribution in [0, 0.1) is 5.82 Å². The lowest BCUT2D eigenvalue weighted by Crippen LogP contribution is -2.48. The van der Waals surface area contributed by atoms with E-state index in [9.17, 15) is 19.1 Å². The maximum absolute atomic E-state index is 13.6. The van der Waals surface area contributed by atoms with E-state index < -0.39 is 11.3 Å². The highest BCUT2D eigenvalue weighted by atomic mass is 32.2. The van der Waals surface area contributed by atoms with E-state index in [2.05, 4.69) is 14.9 Å². The van der Waals surface area contributed by atoms with Gasteiger partial charge in [-0.25, -0.2) is 18.8 Å². The Morgan fingerprint density at radius 2 is 2.00 bits per heavy atom. The Balaban J connectivity index is 1.43. The molecule has 12 heteroatoms.